The van der Waals surface area contributed by atoms with Gasteiger partial charge in [0.15, 0.2) is 0 Å². The predicted octanol–water partition coefficient (Wildman–Crippen LogP) is 1.84. The SMILES string of the molecule is Cl.N[C@H]1CCCc2ncccc21. The van der Waals surface area contributed by atoms with Gasteiger partial charge >= 0.3 is 0 Å². The second-order valence-corrected chi connectivity index (χ2v) is 3.04. The van der Waals surface area contributed by atoms with Gasteiger partial charge in [0.1, 0.15) is 0 Å². The fourth-order valence-corrected chi connectivity index (χ4v) is 1.64. The molecule has 1 aromatic rings. The van der Waals surface area contributed by atoms with Gasteiger partial charge in [-0.2, -0.15) is 0 Å². The number of aryl methyl sites for hydroxylation is 1. The van der Waals surface area contributed by atoms with Crippen molar-refractivity contribution in [2.75, 3.05) is 0 Å². The van der Waals surface area contributed by atoms with E-state index in [-0.39, 0.29) is 18.4 Å². The minimum atomic E-state index is 0. The third-order valence-corrected chi connectivity index (χ3v) is 2.25. The molecule has 0 saturated carbocycles. The quantitative estimate of drug-likeness (QED) is 0.669. The van der Waals surface area contributed by atoms with Gasteiger partial charge in [0.05, 0.1) is 0 Å². The van der Waals surface area contributed by atoms with Gasteiger partial charge in [-0.25, -0.2) is 0 Å². The molecule has 0 radical (unpaired) electrons. The average Bonchev–Trinajstić information content (AvgIpc) is 2.06. The summed E-state index contributed by atoms with van der Waals surface area (Å²) in [7, 11) is 0. The van der Waals surface area contributed by atoms with Crippen molar-refractivity contribution in [1.82, 2.24) is 4.98 Å². The summed E-state index contributed by atoms with van der Waals surface area (Å²) in [4.78, 5) is 4.29. The van der Waals surface area contributed by atoms with Crippen LogP contribution in [-0.4, -0.2) is 4.98 Å². The molecule has 1 aliphatic rings. The summed E-state index contributed by atoms with van der Waals surface area (Å²) < 4.78 is 0. The molecule has 0 aromatic carbocycles. The second-order valence-electron chi connectivity index (χ2n) is 3.04. The van der Waals surface area contributed by atoms with Gasteiger partial charge in [0.2, 0.25) is 0 Å². The Kier molecular flexibility index (Phi) is 3.06. The van der Waals surface area contributed by atoms with E-state index in [9.17, 15) is 0 Å². The standard InChI is InChI=1S/C9H12N2.ClH/c10-8-4-1-5-9-7(8)3-2-6-11-9;/h2-3,6,8H,1,4-5,10H2;1H/t8-;/m0./s1. The molecule has 1 aliphatic carbocycles. The van der Waals surface area contributed by atoms with Crippen LogP contribution in [0.4, 0.5) is 0 Å². The van der Waals surface area contributed by atoms with E-state index in [2.05, 4.69) is 11.1 Å². The van der Waals surface area contributed by atoms with Crippen LogP contribution in [0.15, 0.2) is 18.3 Å². The number of rotatable bonds is 0. The normalized spacial score (nSPS) is 20.9. The van der Waals surface area contributed by atoms with Crippen LogP contribution in [0, 0.1) is 0 Å². The highest BCUT2D eigenvalue weighted by molar-refractivity contribution is 5.85. The molecule has 0 saturated heterocycles. The van der Waals surface area contributed by atoms with E-state index in [0.29, 0.717) is 0 Å². The third-order valence-electron chi connectivity index (χ3n) is 2.25. The van der Waals surface area contributed by atoms with Crippen molar-refractivity contribution < 1.29 is 0 Å². The molecule has 2 N–H and O–H groups in total. The Morgan fingerprint density at radius 3 is 3.08 bits per heavy atom. The summed E-state index contributed by atoms with van der Waals surface area (Å²) in [5.41, 5.74) is 8.36. The van der Waals surface area contributed by atoms with Gasteiger partial charge in [-0.15, -0.1) is 12.4 Å². The Morgan fingerprint density at radius 2 is 2.33 bits per heavy atom. The predicted molar refractivity (Wildman–Crippen MR) is 51.4 cm³/mol. The third kappa shape index (κ3) is 1.59. The highest BCUT2D eigenvalue weighted by Crippen LogP contribution is 2.25. The van der Waals surface area contributed by atoms with E-state index in [1.807, 2.05) is 12.3 Å². The zero-order valence-corrected chi connectivity index (χ0v) is 7.68. The molecule has 0 fully saturated rings. The lowest BCUT2D eigenvalue weighted by Gasteiger charge is -2.20. The molecule has 12 heavy (non-hydrogen) atoms. The molecule has 0 spiro atoms. The van der Waals surface area contributed by atoms with E-state index in [1.54, 1.807) is 0 Å². The summed E-state index contributed by atoms with van der Waals surface area (Å²) in [6, 6.07) is 4.28. The van der Waals surface area contributed by atoms with Crippen molar-refractivity contribution in [3.05, 3.63) is 29.6 Å². The monoisotopic (exact) mass is 184 g/mol. The van der Waals surface area contributed by atoms with Crippen LogP contribution < -0.4 is 5.73 Å². The minimum absolute atomic E-state index is 0. The van der Waals surface area contributed by atoms with Crippen LogP contribution >= 0.6 is 12.4 Å². The van der Waals surface area contributed by atoms with E-state index in [1.165, 1.54) is 17.7 Å². The van der Waals surface area contributed by atoms with Crippen molar-refractivity contribution in [3.8, 4) is 0 Å². The Labute approximate surface area is 78.6 Å². The number of aromatic nitrogens is 1. The maximum absolute atomic E-state index is 5.91. The Hall–Kier alpha value is -0.600. The minimum Gasteiger partial charge on any atom is -0.324 e. The lowest BCUT2D eigenvalue weighted by atomic mass is 9.92. The molecule has 2 nitrogen and oxygen atoms in total. The first kappa shape index (κ1) is 9.49. The molecular formula is C9H13ClN2. The highest BCUT2D eigenvalue weighted by Gasteiger charge is 2.16. The molecule has 1 heterocycles. The maximum Gasteiger partial charge on any atom is 0.0451 e. The summed E-state index contributed by atoms with van der Waals surface area (Å²) in [5.74, 6) is 0. The van der Waals surface area contributed by atoms with Gasteiger partial charge in [-0.3, -0.25) is 4.98 Å². The van der Waals surface area contributed by atoms with Gasteiger partial charge in [-0.05, 0) is 30.9 Å². The van der Waals surface area contributed by atoms with E-state index < -0.39 is 0 Å². The number of halogens is 1. The first-order valence-electron chi connectivity index (χ1n) is 4.07. The van der Waals surface area contributed by atoms with E-state index in [0.717, 1.165) is 12.8 Å². The van der Waals surface area contributed by atoms with Gasteiger partial charge < -0.3 is 5.73 Å². The number of nitrogens with two attached hydrogens (primary N) is 1. The number of pyridine rings is 1. The van der Waals surface area contributed by atoms with Crippen molar-refractivity contribution in [3.63, 3.8) is 0 Å². The number of hydrogen-bond donors (Lipinski definition) is 1. The molecule has 2 rings (SSSR count). The average molecular weight is 185 g/mol. The number of fused-ring (bicyclic) bond motifs is 1. The largest absolute Gasteiger partial charge is 0.324 e. The fraction of sp³-hybridized carbons (Fsp3) is 0.444. The molecule has 0 amide bonds. The number of nitrogens with zero attached hydrogens (tertiary/aromatic N) is 1. The van der Waals surface area contributed by atoms with Gasteiger partial charge in [-0.1, -0.05) is 6.07 Å². The molecule has 66 valence electrons. The Morgan fingerprint density at radius 1 is 1.50 bits per heavy atom. The lowest BCUT2D eigenvalue weighted by molar-refractivity contribution is 0.560. The van der Waals surface area contributed by atoms with Crippen molar-refractivity contribution in [1.29, 1.82) is 0 Å². The van der Waals surface area contributed by atoms with Crippen molar-refractivity contribution in [2.24, 2.45) is 5.73 Å². The van der Waals surface area contributed by atoms with Crippen molar-refractivity contribution in [2.45, 2.75) is 25.3 Å². The zero-order valence-electron chi connectivity index (χ0n) is 6.86. The van der Waals surface area contributed by atoms with Crippen LogP contribution in [0.25, 0.3) is 0 Å². The molecule has 0 aliphatic heterocycles. The number of hydrogen-bond acceptors (Lipinski definition) is 2. The molecule has 3 heteroatoms. The topological polar surface area (TPSA) is 38.9 Å². The smallest absolute Gasteiger partial charge is 0.0451 e. The molecule has 0 unspecified atom stereocenters. The first-order chi connectivity index (χ1) is 5.38. The van der Waals surface area contributed by atoms with Gasteiger partial charge in [0, 0.05) is 17.9 Å². The van der Waals surface area contributed by atoms with E-state index >= 15 is 0 Å². The van der Waals surface area contributed by atoms with Crippen molar-refractivity contribution >= 4 is 12.4 Å². The molecule has 0 bridgehead atoms. The highest BCUT2D eigenvalue weighted by atomic mass is 35.5. The summed E-state index contributed by atoms with van der Waals surface area (Å²) >= 11 is 0. The van der Waals surface area contributed by atoms with Gasteiger partial charge in [0.25, 0.3) is 0 Å². The zero-order chi connectivity index (χ0) is 7.68. The maximum atomic E-state index is 5.91. The Bertz CT molecular complexity index is 262. The van der Waals surface area contributed by atoms with Crippen LogP contribution in [0.5, 0.6) is 0 Å². The fourth-order valence-electron chi connectivity index (χ4n) is 1.64. The van der Waals surface area contributed by atoms with E-state index in [4.69, 9.17) is 5.73 Å². The molecule has 1 atom stereocenters. The lowest BCUT2D eigenvalue weighted by Crippen LogP contribution is -2.17. The first-order valence-corrected chi connectivity index (χ1v) is 4.07. The summed E-state index contributed by atoms with van der Waals surface area (Å²) in [6.45, 7) is 0. The second kappa shape index (κ2) is 3.87. The molecular weight excluding hydrogens is 172 g/mol. The molecule has 1 aromatic heterocycles. The van der Waals surface area contributed by atoms with Crippen LogP contribution in [-0.2, 0) is 6.42 Å². The van der Waals surface area contributed by atoms with Crippen LogP contribution in [0.1, 0.15) is 30.1 Å². The summed E-state index contributed by atoms with van der Waals surface area (Å²) in [6.07, 6.45) is 5.24. The van der Waals surface area contributed by atoms with Crippen LogP contribution in [0.2, 0.25) is 0 Å². The van der Waals surface area contributed by atoms with Crippen LogP contribution in [0.3, 0.4) is 0 Å². The Balaban J connectivity index is 0.000000720. The summed E-state index contributed by atoms with van der Waals surface area (Å²) in [5, 5.41) is 0.